The molecule has 0 bridgehead atoms. The molecule has 2 aromatic carbocycles. The van der Waals surface area contributed by atoms with Crippen molar-refractivity contribution in [1.29, 1.82) is 0 Å². The van der Waals surface area contributed by atoms with Crippen LogP contribution in [0.15, 0.2) is 40.9 Å². The highest BCUT2D eigenvalue weighted by atomic mass is 35.5. The molecule has 0 aliphatic carbocycles. The van der Waals surface area contributed by atoms with Crippen LogP contribution >= 0.6 is 11.6 Å². The predicted molar refractivity (Wildman–Crippen MR) is 116 cm³/mol. The summed E-state index contributed by atoms with van der Waals surface area (Å²) in [5.74, 6) is 0.645. The van der Waals surface area contributed by atoms with E-state index in [2.05, 4.69) is 10.5 Å². The number of hydrogen-bond acceptors (Lipinski definition) is 5. The fourth-order valence-electron chi connectivity index (χ4n) is 3.19. The summed E-state index contributed by atoms with van der Waals surface area (Å²) in [6.07, 6.45) is 0.568. The van der Waals surface area contributed by atoms with Crippen LogP contribution in [0.25, 0.3) is 11.3 Å². The van der Waals surface area contributed by atoms with Gasteiger partial charge in [-0.3, -0.25) is 4.79 Å². The molecule has 0 saturated heterocycles. The number of nitrogens with zero attached hydrogens (tertiary/aromatic N) is 1. The number of ether oxygens (including phenoxy) is 2. The van der Waals surface area contributed by atoms with Crippen LogP contribution in [-0.2, 0) is 6.42 Å². The Morgan fingerprint density at radius 1 is 1.16 bits per heavy atom. The summed E-state index contributed by atoms with van der Waals surface area (Å²) < 4.78 is 30.7. The van der Waals surface area contributed by atoms with Gasteiger partial charge in [-0.25, -0.2) is 4.39 Å². The van der Waals surface area contributed by atoms with E-state index in [1.54, 1.807) is 6.92 Å². The lowest BCUT2D eigenvalue weighted by Crippen LogP contribution is -2.26. The standard InChI is InChI=1S/C23H24ClFN2O4/c1-4-29-18-10-9-15(13-19(18)30-5-2)11-12-26-23(28)20-14(3)31-27-22(20)21-16(24)7-6-8-17(21)25/h6-10,13H,4-5,11-12H2,1-3H3,(H,26,28). The number of nitrogens with one attached hydrogen (secondary N) is 1. The van der Waals surface area contributed by atoms with Crippen LogP contribution in [0.3, 0.4) is 0 Å². The fraction of sp³-hybridized carbons (Fsp3) is 0.304. The van der Waals surface area contributed by atoms with Gasteiger partial charge in [0.2, 0.25) is 0 Å². The van der Waals surface area contributed by atoms with E-state index in [1.165, 1.54) is 18.2 Å². The lowest BCUT2D eigenvalue weighted by atomic mass is 10.0. The highest BCUT2D eigenvalue weighted by Gasteiger charge is 2.25. The van der Waals surface area contributed by atoms with Crippen molar-refractivity contribution in [2.24, 2.45) is 0 Å². The molecule has 6 nitrogen and oxygen atoms in total. The molecule has 0 spiro atoms. The van der Waals surface area contributed by atoms with Crippen molar-refractivity contribution in [3.8, 4) is 22.8 Å². The van der Waals surface area contributed by atoms with E-state index >= 15 is 0 Å². The van der Waals surface area contributed by atoms with Crippen molar-refractivity contribution in [2.45, 2.75) is 27.2 Å². The maximum atomic E-state index is 14.3. The van der Waals surface area contributed by atoms with E-state index in [4.69, 9.17) is 25.6 Å². The lowest BCUT2D eigenvalue weighted by molar-refractivity contribution is 0.0953. The number of halogens is 2. The third-order valence-electron chi connectivity index (χ3n) is 4.60. The lowest BCUT2D eigenvalue weighted by Gasteiger charge is -2.13. The Labute approximate surface area is 185 Å². The first-order valence-electron chi connectivity index (χ1n) is 10.0. The minimum atomic E-state index is -0.576. The van der Waals surface area contributed by atoms with Gasteiger partial charge >= 0.3 is 0 Å². The zero-order chi connectivity index (χ0) is 22.4. The summed E-state index contributed by atoms with van der Waals surface area (Å²) in [6.45, 7) is 6.84. The molecule has 0 aliphatic rings. The smallest absolute Gasteiger partial charge is 0.257 e. The molecule has 1 heterocycles. The molecule has 0 saturated carbocycles. The van der Waals surface area contributed by atoms with Gasteiger partial charge in [-0.1, -0.05) is 28.9 Å². The molecule has 8 heteroatoms. The number of amides is 1. The molecule has 31 heavy (non-hydrogen) atoms. The van der Waals surface area contributed by atoms with Crippen molar-refractivity contribution < 1.29 is 23.2 Å². The first-order valence-corrected chi connectivity index (χ1v) is 10.4. The predicted octanol–water partition coefficient (Wildman–Crippen LogP) is 5.21. The normalized spacial score (nSPS) is 10.7. The number of hydrogen-bond donors (Lipinski definition) is 1. The van der Waals surface area contributed by atoms with Crippen molar-refractivity contribution in [1.82, 2.24) is 10.5 Å². The first kappa shape index (κ1) is 22.6. The molecule has 3 rings (SSSR count). The minimum absolute atomic E-state index is 0.0408. The highest BCUT2D eigenvalue weighted by Crippen LogP contribution is 2.33. The third kappa shape index (κ3) is 5.17. The molecule has 1 aromatic heterocycles. The average Bonchev–Trinajstić information content (AvgIpc) is 3.11. The zero-order valence-electron chi connectivity index (χ0n) is 17.6. The Morgan fingerprint density at radius 2 is 1.90 bits per heavy atom. The van der Waals surface area contributed by atoms with Crippen LogP contribution in [0.2, 0.25) is 5.02 Å². The van der Waals surface area contributed by atoms with E-state index in [0.29, 0.717) is 37.7 Å². The minimum Gasteiger partial charge on any atom is -0.490 e. The number of aryl methyl sites for hydroxylation is 1. The van der Waals surface area contributed by atoms with Gasteiger partial charge in [-0.15, -0.1) is 0 Å². The third-order valence-corrected chi connectivity index (χ3v) is 4.91. The molecule has 0 aliphatic heterocycles. The maximum absolute atomic E-state index is 14.3. The molecule has 0 unspecified atom stereocenters. The van der Waals surface area contributed by atoms with Gasteiger partial charge in [0.15, 0.2) is 11.5 Å². The van der Waals surface area contributed by atoms with Crippen LogP contribution in [0.1, 0.15) is 35.5 Å². The van der Waals surface area contributed by atoms with Crippen molar-refractivity contribution in [3.05, 3.63) is 64.1 Å². The molecule has 0 radical (unpaired) electrons. The number of carbonyl (C=O) groups is 1. The fourth-order valence-corrected chi connectivity index (χ4v) is 3.45. The summed E-state index contributed by atoms with van der Waals surface area (Å²) in [7, 11) is 0. The van der Waals surface area contributed by atoms with E-state index in [9.17, 15) is 9.18 Å². The van der Waals surface area contributed by atoms with E-state index in [1.807, 2.05) is 32.0 Å². The Balaban J connectivity index is 1.73. The summed E-state index contributed by atoms with van der Waals surface area (Å²) in [6, 6.07) is 9.96. The van der Waals surface area contributed by atoms with Crippen LogP contribution in [0.5, 0.6) is 11.5 Å². The number of carbonyl (C=O) groups excluding carboxylic acids is 1. The van der Waals surface area contributed by atoms with Gasteiger partial charge in [0.25, 0.3) is 5.91 Å². The second-order valence-electron chi connectivity index (χ2n) is 6.71. The largest absolute Gasteiger partial charge is 0.490 e. The Bertz CT molecular complexity index is 1050. The summed E-state index contributed by atoms with van der Waals surface area (Å²) in [4.78, 5) is 12.8. The molecule has 1 N–H and O–H groups in total. The zero-order valence-corrected chi connectivity index (χ0v) is 18.4. The van der Waals surface area contributed by atoms with Gasteiger partial charge in [0.05, 0.1) is 23.8 Å². The molecular formula is C23H24ClFN2O4. The second kappa shape index (κ2) is 10.3. The quantitative estimate of drug-likeness (QED) is 0.488. The number of rotatable bonds is 9. The van der Waals surface area contributed by atoms with Gasteiger partial charge in [-0.2, -0.15) is 0 Å². The van der Waals surface area contributed by atoms with E-state index < -0.39 is 11.7 Å². The van der Waals surface area contributed by atoms with Crippen molar-refractivity contribution in [2.75, 3.05) is 19.8 Å². The van der Waals surface area contributed by atoms with Crippen LogP contribution in [0.4, 0.5) is 4.39 Å². The summed E-state index contributed by atoms with van der Waals surface area (Å²) >= 11 is 6.13. The molecule has 164 valence electrons. The van der Waals surface area contributed by atoms with Gasteiger partial charge in [0.1, 0.15) is 22.8 Å². The molecular weight excluding hydrogens is 423 g/mol. The Hall–Kier alpha value is -3.06. The second-order valence-corrected chi connectivity index (χ2v) is 7.12. The molecule has 3 aromatic rings. The molecule has 1 amide bonds. The molecule has 0 atom stereocenters. The summed E-state index contributed by atoms with van der Waals surface area (Å²) in [5, 5.41) is 6.85. The highest BCUT2D eigenvalue weighted by molar-refractivity contribution is 6.33. The molecule has 0 fully saturated rings. The Morgan fingerprint density at radius 3 is 2.61 bits per heavy atom. The van der Waals surface area contributed by atoms with Gasteiger partial charge in [-0.05, 0) is 57.0 Å². The van der Waals surface area contributed by atoms with Crippen LogP contribution in [0, 0.1) is 12.7 Å². The van der Waals surface area contributed by atoms with Crippen molar-refractivity contribution in [3.63, 3.8) is 0 Å². The van der Waals surface area contributed by atoms with E-state index in [0.717, 1.165) is 5.56 Å². The topological polar surface area (TPSA) is 73.6 Å². The maximum Gasteiger partial charge on any atom is 0.257 e. The first-order chi connectivity index (χ1) is 15.0. The SMILES string of the molecule is CCOc1ccc(CCNC(=O)c2c(-c3c(F)cccc3Cl)noc2C)cc1OCC. The monoisotopic (exact) mass is 446 g/mol. The van der Waals surface area contributed by atoms with E-state index in [-0.39, 0.29) is 27.6 Å². The van der Waals surface area contributed by atoms with Crippen LogP contribution in [-0.4, -0.2) is 30.8 Å². The summed E-state index contributed by atoms with van der Waals surface area (Å²) in [5.41, 5.74) is 1.26. The number of benzene rings is 2. The van der Waals surface area contributed by atoms with Crippen molar-refractivity contribution >= 4 is 17.5 Å². The Kier molecular flexibility index (Phi) is 7.52. The van der Waals surface area contributed by atoms with Gasteiger partial charge < -0.3 is 19.3 Å². The van der Waals surface area contributed by atoms with Gasteiger partial charge in [0, 0.05) is 6.54 Å². The average molecular weight is 447 g/mol. The van der Waals surface area contributed by atoms with Crippen LogP contribution < -0.4 is 14.8 Å². The number of aromatic nitrogens is 1.